The Bertz CT molecular complexity index is 116. The maximum absolute atomic E-state index is 4.12. The highest BCUT2D eigenvalue weighted by Crippen LogP contribution is 2.56. The minimum absolute atomic E-state index is 0.843. The zero-order chi connectivity index (χ0) is 6.97. The van der Waals surface area contributed by atoms with E-state index in [-0.39, 0.29) is 0 Å². The van der Waals surface area contributed by atoms with Gasteiger partial charge in [0, 0.05) is 5.88 Å². The minimum atomic E-state index is 0.843. The van der Waals surface area contributed by atoms with Crippen LogP contribution in [0.25, 0.3) is 0 Å². The molecule has 1 nitrogen and oxygen atoms in total. The monoisotopic (exact) mass is 157 g/mol. The average molecular weight is 157 g/mol. The molecule has 1 N–H and O–H groups in total. The van der Waals surface area contributed by atoms with E-state index < -0.39 is 0 Å². The third-order valence-corrected chi connectivity index (χ3v) is 3.30. The lowest BCUT2D eigenvalue weighted by atomic mass is 10.1. The fourth-order valence-corrected chi connectivity index (χ4v) is 2.63. The van der Waals surface area contributed by atoms with Crippen molar-refractivity contribution < 1.29 is 0 Å². The first-order valence-electron chi connectivity index (χ1n) is 4.25. The summed E-state index contributed by atoms with van der Waals surface area (Å²) in [5, 5.41) is 3.30. The maximum Gasteiger partial charge on any atom is 0.0387 e. The van der Waals surface area contributed by atoms with Crippen molar-refractivity contribution in [3.63, 3.8) is 0 Å². The van der Waals surface area contributed by atoms with Gasteiger partial charge in [-0.2, -0.15) is 12.6 Å². The molecule has 10 heavy (non-hydrogen) atoms. The molecule has 2 atom stereocenters. The summed E-state index contributed by atoms with van der Waals surface area (Å²) in [6.07, 6.45) is 4.50. The van der Waals surface area contributed by atoms with Crippen molar-refractivity contribution in [2.75, 3.05) is 12.4 Å². The Balaban J connectivity index is 1.69. The molecule has 0 heterocycles. The van der Waals surface area contributed by atoms with Crippen LogP contribution < -0.4 is 5.32 Å². The van der Waals surface area contributed by atoms with E-state index in [2.05, 4.69) is 17.9 Å². The van der Waals surface area contributed by atoms with Gasteiger partial charge >= 0.3 is 0 Å². The van der Waals surface area contributed by atoms with E-state index in [1.165, 1.54) is 25.8 Å². The smallest absolute Gasteiger partial charge is 0.0387 e. The first-order chi connectivity index (χ1) is 4.93. The fraction of sp³-hybridized carbons (Fsp3) is 1.00. The summed E-state index contributed by atoms with van der Waals surface area (Å²) in [5.74, 6) is 4.08. The highest BCUT2D eigenvalue weighted by molar-refractivity contribution is 7.80. The van der Waals surface area contributed by atoms with Gasteiger partial charge < -0.3 is 5.32 Å². The molecule has 2 unspecified atom stereocenters. The van der Waals surface area contributed by atoms with Gasteiger partial charge in [0.25, 0.3) is 0 Å². The molecule has 0 aromatic carbocycles. The summed E-state index contributed by atoms with van der Waals surface area (Å²) in [7, 11) is 0. The minimum Gasteiger partial charge on any atom is -0.308 e. The molecule has 0 aromatic heterocycles. The topological polar surface area (TPSA) is 12.0 Å². The summed E-state index contributed by atoms with van der Waals surface area (Å²) in [5.41, 5.74) is 0. The van der Waals surface area contributed by atoms with Crippen LogP contribution >= 0.6 is 12.6 Å². The predicted molar refractivity (Wildman–Crippen MR) is 46.2 cm³/mol. The molecular weight excluding hydrogens is 142 g/mol. The Morgan fingerprint density at radius 1 is 1.30 bits per heavy atom. The predicted octanol–water partition coefficient (Wildman–Crippen LogP) is 1.51. The Morgan fingerprint density at radius 2 is 2.00 bits per heavy atom. The molecule has 0 spiro atoms. The van der Waals surface area contributed by atoms with Crippen LogP contribution in [-0.2, 0) is 0 Å². The van der Waals surface area contributed by atoms with Gasteiger partial charge in [-0.15, -0.1) is 0 Å². The maximum atomic E-state index is 4.12. The summed E-state index contributed by atoms with van der Waals surface area (Å²) in [4.78, 5) is 0. The van der Waals surface area contributed by atoms with Crippen molar-refractivity contribution in [1.82, 2.24) is 5.32 Å². The second-order valence-corrected chi connectivity index (χ2v) is 3.85. The Labute approximate surface area is 68.0 Å². The molecule has 0 saturated heterocycles. The van der Waals surface area contributed by atoms with E-state index in [0.29, 0.717) is 0 Å². The van der Waals surface area contributed by atoms with Crippen LogP contribution in [0.15, 0.2) is 0 Å². The zero-order valence-corrected chi connectivity index (χ0v) is 7.11. The number of thiol groups is 1. The highest BCUT2D eigenvalue weighted by atomic mass is 32.1. The molecule has 2 fully saturated rings. The lowest BCUT2D eigenvalue weighted by Gasteiger charge is -2.01. The standard InChI is InChI=1S/C8H15NS/c10-5-9-4-8-6-2-1-3-7(6)8/h6-10H,1-5H2. The van der Waals surface area contributed by atoms with Crippen molar-refractivity contribution in [1.29, 1.82) is 0 Å². The van der Waals surface area contributed by atoms with Crippen LogP contribution in [0, 0.1) is 17.8 Å². The van der Waals surface area contributed by atoms with Gasteiger partial charge in [0.1, 0.15) is 0 Å². The molecule has 0 bridgehead atoms. The second-order valence-electron chi connectivity index (χ2n) is 3.53. The molecule has 0 aliphatic heterocycles. The molecule has 2 saturated carbocycles. The average Bonchev–Trinajstić information content (AvgIpc) is 2.46. The number of fused-ring (bicyclic) bond motifs is 1. The van der Waals surface area contributed by atoms with Gasteiger partial charge in [0.15, 0.2) is 0 Å². The summed E-state index contributed by atoms with van der Waals surface area (Å²) in [6.45, 7) is 1.22. The van der Waals surface area contributed by atoms with Crippen LogP contribution in [0.3, 0.4) is 0 Å². The van der Waals surface area contributed by atoms with E-state index in [9.17, 15) is 0 Å². The quantitative estimate of drug-likeness (QED) is 0.467. The molecule has 2 aliphatic carbocycles. The van der Waals surface area contributed by atoms with E-state index in [1.807, 2.05) is 0 Å². The number of hydrogen-bond acceptors (Lipinski definition) is 2. The van der Waals surface area contributed by atoms with Crippen LogP contribution in [0.1, 0.15) is 19.3 Å². The number of nitrogens with one attached hydrogen (secondary N) is 1. The lowest BCUT2D eigenvalue weighted by molar-refractivity contribution is 0.556. The number of rotatable bonds is 3. The van der Waals surface area contributed by atoms with Crippen LogP contribution in [0.4, 0.5) is 0 Å². The van der Waals surface area contributed by atoms with Gasteiger partial charge in [-0.25, -0.2) is 0 Å². The zero-order valence-electron chi connectivity index (χ0n) is 6.21. The first kappa shape index (κ1) is 6.99. The normalized spacial score (nSPS) is 43.5. The van der Waals surface area contributed by atoms with Gasteiger partial charge in [0.2, 0.25) is 0 Å². The third kappa shape index (κ3) is 1.08. The van der Waals surface area contributed by atoms with Crippen LogP contribution in [-0.4, -0.2) is 12.4 Å². The van der Waals surface area contributed by atoms with Gasteiger partial charge in [-0.05, 0) is 37.1 Å². The molecule has 58 valence electrons. The van der Waals surface area contributed by atoms with Gasteiger partial charge in [-0.1, -0.05) is 6.42 Å². The van der Waals surface area contributed by atoms with Gasteiger partial charge in [-0.3, -0.25) is 0 Å². The molecule has 0 aromatic rings. The molecule has 2 rings (SSSR count). The van der Waals surface area contributed by atoms with E-state index in [4.69, 9.17) is 0 Å². The highest BCUT2D eigenvalue weighted by Gasteiger charge is 2.51. The largest absolute Gasteiger partial charge is 0.308 e. The fourth-order valence-electron chi connectivity index (χ4n) is 2.50. The Morgan fingerprint density at radius 3 is 2.60 bits per heavy atom. The van der Waals surface area contributed by atoms with Crippen molar-refractivity contribution in [2.24, 2.45) is 17.8 Å². The van der Waals surface area contributed by atoms with Crippen molar-refractivity contribution >= 4 is 12.6 Å². The summed E-state index contributed by atoms with van der Waals surface area (Å²) >= 11 is 4.12. The molecule has 0 amide bonds. The molecular formula is C8H15NS. The molecule has 0 radical (unpaired) electrons. The van der Waals surface area contributed by atoms with E-state index >= 15 is 0 Å². The molecule has 2 aliphatic rings. The SMILES string of the molecule is SCNCC1C2CCCC21. The first-order valence-corrected chi connectivity index (χ1v) is 4.88. The molecule has 2 heteroatoms. The van der Waals surface area contributed by atoms with Crippen molar-refractivity contribution in [3.05, 3.63) is 0 Å². The van der Waals surface area contributed by atoms with Crippen molar-refractivity contribution in [3.8, 4) is 0 Å². The summed E-state index contributed by atoms with van der Waals surface area (Å²) in [6, 6.07) is 0. The lowest BCUT2D eigenvalue weighted by Crippen LogP contribution is -2.16. The van der Waals surface area contributed by atoms with Crippen LogP contribution in [0.5, 0.6) is 0 Å². The second kappa shape index (κ2) is 2.74. The van der Waals surface area contributed by atoms with E-state index in [0.717, 1.165) is 23.6 Å². The number of hydrogen-bond donors (Lipinski definition) is 2. The Kier molecular flexibility index (Phi) is 1.92. The van der Waals surface area contributed by atoms with Crippen molar-refractivity contribution in [2.45, 2.75) is 19.3 Å². The Hall–Kier alpha value is 0.310. The third-order valence-electron chi connectivity index (χ3n) is 3.08. The van der Waals surface area contributed by atoms with Gasteiger partial charge in [0.05, 0.1) is 0 Å². The van der Waals surface area contributed by atoms with Crippen LogP contribution in [0.2, 0.25) is 0 Å². The van der Waals surface area contributed by atoms with E-state index in [1.54, 1.807) is 0 Å². The summed E-state index contributed by atoms with van der Waals surface area (Å²) < 4.78 is 0.